The van der Waals surface area contributed by atoms with Gasteiger partial charge >= 0.3 is 0 Å². The molecule has 4 heteroatoms. The Kier molecular flexibility index (Phi) is 2.09. The normalized spacial score (nSPS) is 22.3. The van der Waals surface area contributed by atoms with E-state index in [1.54, 1.807) is 6.33 Å². The Bertz CT molecular complexity index is 359. The standard InChI is InChI=1S/C11H15N3O/c15-9-5-14(6-9)11-4-10(12-7-13-11)8-2-1-3-8/h4,7-9,15H,1-3,5-6H2. The Morgan fingerprint density at radius 3 is 2.67 bits per heavy atom. The average Bonchev–Trinajstić information content (AvgIpc) is 2.11. The van der Waals surface area contributed by atoms with Crippen LogP contribution in [0.3, 0.4) is 0 Å². The summed E-state index contributed by atoms with van der Waals surface area (Å²) in [4.78, 5) is 10.7. The maximum Gasteiger partial charge on any atom is 0.132 e. The van der Waals surface area contributed by atoms with Crippen LogP contribution in [0.25, 0.3) is 0 Å². The minimum Gasteiger partial charge on any atom is -0.389 e. The van der Waals surface area contributed by atoms with Crippen LogP contribution >= 0.6 is 0 Å². The Morgan fingerprint density at radius 1 is 1.27 bits per heavy atom. The molecule has 3 rings (SSSR count). The van der Waals surface area contributed by atoms with Gasteiger partial charge in [-0.25, -0.2) is 9.97 Å². The van der Waals surface area contributed by atoms with Crippen LogP contribution in [0.15, 0.2) is 12.4 Å². The summed E-state index contributed by atoms with van der Waals surface area (Å²) in [5.74, 6) is 1.62. The zero-order valence-corrected chi connectivity index (χ0v) is 8.63. The van der Waals surface area contributed by atoms with Crippen LogP contribution in [0, 0.1) is 0 Å². The molecular formula is C11H15N3O. The summed E-state index contributed by atoms with van der Waals surface area (Å²) in [6, 6.07) is 2.08. The monoisotopic (exact) mass is 205 g/mol. The molecule has 0 aromatic carbocycles. The maximum atomic E-state index is 9.23. The molecule has 2 aliphatic rings. The summed E-state index contributed by atoms with van der Waals surface area (Å²) in [6.45, 7) is 1.42. The lowest BCUT2D eigenvalue weighted by atomic mass is 9.83. The van der Waals surface area contributed by atoms with Crippen molar-refractivity contribution < 1.29 is 5.11 Å². The topological polar surface area (TPSA) is 49.2 Å². The first-order valence-electron chi connectivity index (χ1n) is 5.58. The average molecular weight is 205 g/mol. The van der Waals surface area contributed by atoms with E-state index in [0.29, 0.717) is 19.0 Å². The number of nitrogens with zero attached hydrogens (tertiary/aromatic N) is 3. The first kappa shape index (κ1) is 9.09. The predicted molar refractivity (Wildman–Crippen MR) is 56.8 cm³/mol. The molecule has 0 bridgehead atoms. The van der Waals surface area contributed by atoms with Crippen molar-refractivity contribution in [2.75, 3.05) is 18.0 Å². The van der Waals surface area contributed by atoms with Crippen molar-refractivity contribution in [1.29, 1.82) is 0 Å². The Balaban J connectivity index is 1.77. The number of anilines is 1. The summed E-state index contributed by atoms with van der Waals surface area (Å²) < 4.78 is 0. The molecule has 1 aliphatic carbocycles. The lowest BCUT2D eigenvalue weighted by Crippen LogP contribution is -2.51. The molecule has 1 saturated heterocycles. The molecule has 1 aromatic heterocycles. The van der Waals surface area contributed by atoms with E-state index in [4.69, 9.17) is 0 Å². The molecule has 2 heterocycles. The molecular weight excluding hydrogens is 190 g/mol. The molecule has 0 amide bonds. The molecule has 1 aliphatic heterocycles. The van der Waals surface area contributed by atoms with Crippen molar-refractivity contribution >= 4 is 5.82 Å². The number of aliphatic hydroxyl groups is 1. The predicted octanol–water partition coefficient (Wildman–Crippen LogP) is 0.925. The lowest BCUT2D eigenvalue weighted by Gasteiger charge is -2.37. The van der Waals surface area contributed by atoms with Gasteiger partial charge in [0.1, 0.15) is 12.1 Å². The van der Waals surface area contributed by atoms with Crippen molar-refractivity contribution in [2.45, 2.75) is 31.3 Å². The van der Waals surface area contributed by atoms with Crippen LogP contribution in [0.4, 0.5) is 5.82 Å². The molecule has 4 nitrogen and oxygen atoms in total. The summed E-state index contributed by atoms with van der Waals surface area (Å²) >= 11 is 0. The van der Waals surface area contributed by atoms with E-state index in [2.05, 4.69) is 20.9 Å². The Hall–Kier alpha value is -1.16. The first-order valence-corrected chi connectivity index (χ1v) is 5.58. The van der Waals surface area contributed by atoms with E-state index >= 15 is 0 Å². The van der Waals surface area contributed by atoms with Crippen molar-refractivity contribution in [1.82, 2.24) is 9.97 Å². The first-order chi connectivity index (χ1) is 7.33. The largest absolute Gasteiger partial charge is 0.389 e. The minimum absolute atomic E-state index is 0.174. The molecule has 1 aromatic rings. The van der Waals surface area contributed by atoms with Gasteiger partial charge in [0.15, 0.2) is 0 Å². The van der Waals surface area contributed by atoms with Crippen LogP contribution < -0.4 is 4.90 Å². The summed E-state index contributed by atoms with van der Waals surface area (Å²) in [5.41, 5.74) is 1.17. The SMILES string of the molecule is OC1CN(c2cc(C3CCC3)ncn2)C1. The third kappa shape index (κ3) is 1.59. The van der Waals surface area contributed by atoms with Gasteiger partial charge in [0.2, 0.25) is 0 Å². The minimum atomic E-state index is -0.174. The maximum absolute atomic E-state index is 9.23. The van der Waals surface area contributed by atoms with Gasteiger partial charge in [0.25, 0.3) is 0 Å². The molecule has 0 spiro atoms. The second-order valence-corrected chi connectivity index (χ2v) is 4.49. The molecule has 1 N–H and O–H groups in total. The van der Waals surface area contributed by atoms with Crippen LogP contribution in [0.1, 0.15) is 30.9 Å². The van der Waals surface area contributed by atoms with Crippen molar-refractivity contribution in [3.05, 3.63) is 18.1 Å². The fraction of sp³-hybridized carbons (Fsp3) is 0.636. The van der Waals surface area contributed by atoms with Gasteiger partial charge in [-0.2, -0.15) is 0 Å². The van der Waals surface area contributed by atoms with E-state index in [1.165, 1.54) is 25.0 Å². The highest BCUT2D eigenvalue weighted by Gasteiger charge is 2.27. The third-order valence-corrected chi connectivity index (χ3v) is 3.38. The molecule has 15 heavy (non-hydrogen) atoms. The van der Waals surface area contributed by atoms with Gasteiger partial charge in [-0.1, -0.05) is 6.42 Å². The van der Waals surface area contributed by atoms with Crippen LogP contribution in [-0.4, -0.2) is 34.3 Å². The second kappa shape index (κ2) is 3.45. The number of β-amino-alcohol motifs (C(OH)–C–C–N with tert-alkyl or cyclic N) is 1. The highest BCUT2D eigenvalue weighted by atomic mass is 16.3. The number of rotatable bonds is 2. The number of hydrogen-bond donors (Lipinski definition) is 1. The molecule has 2 fully saturated rings. The second-order valence-electron chi connectivity index (χ2n) is 4.49. The summed E-state index contributed by atoms with van der Waals surface area (Å²) in [6.07, 6.45) is 5.32. The number of aromatic nitrogens is 2. The molecule has 0 radical (unpaired) electrons. The zero-order valence-electron chi connectivity index (χ0n) is 8.63. The van der Waals surface area contributed by atoms with E-state index in [-0.39, 0.29) is 6.10 Å². The molecule has 1 saturated carbocycles. The van der Waals surface area contributed by atoms with E-state index in [0.717, 1.165) is 5.82 Å². The van der Waals surface area contributed by atoms with Crippen molar-refractivity contribution in [3.8, 4) is 0 Å². The van der Waals surface area contributed by atoms with Gasteiger partial charge in [-0.05, 0) is 12.8 Å². The Morgan fingerprint density at radius 2 is 2.07 bits per heavy atom. The van der Waals surface area contributed by atoms with Gasteiger partial charge < -0.3 is 10.0 Å². The highest BCUT2D eigenvalue weighted by molar-refractivity contribution is 5.43. The summed E-state index contributed by atoms with van der Waals surface area (Å²) in [5, 5.41) is 9.23. The van der Waals surface area contributed by atoms with E-state index in [1.807, 2.05) is 0 Å². The zero-order chi connectivity index (χ0) is 10.3. The van der Waals surface area contributed by atoms with Gasteiger partial charge in [0, 0.05) is 30.8 Å². The number of aliphatic hydroxyl groups excluding tert-OH is 1. The lowest BCUT2D eigenvalue weighted by molar-refractivity contribution is 0.141. The fourth-order valence-electron chi connectivity index (χ4n) is 2.10. The molecule has 0 unspecified atom stereocenters. The summed E-state index contributed by atoms with van der Waals surface area (Å²) in [7, 11) is 0. The van der Waals surface area contributed by atoms with Crippen LogP contribution in [0.5, 0.6) is 0 Å². The molecule has 80 valence electrons. The van der Waals surface area contributed by atoms with Gasteiger partial charge in [-0.15, -0.1) is 0 Å². The van der Waals surface area contributed by atoms with Crippen LogP contribution in [0.2, 0.25) is 0 Å². The quantitative estimate of drug-likeness (QED) is 0.780. The van der Waals surface area contributed by atoms with Gasteiger partial charge in [0.05, 0.1) is 6.10 Å². The smallest absolute Gasteiger partial charge is 0.132 e. The van der Waals surface area contributed by atoms with E-state index in [9.17, 15) is 5.11 Å². The number of hydrogen-bond acceptors (Lipinski definition) is 4. The van der Waals surface area contributed by atoms with Crippen molar-refractivity contribution in [2.24, 2.45) is 0 Å². The highest BCUT2D eigenvalue weighted by Crippen LogP contribution is 2.36. The van der Waals surface area contributed by atoms with Crippen LogP contribution in [-0.2, 0) is 0 Å². The Labute approximate surface area is 89.0 Å². The van der Waals surface area contributed by atoms with E-state index < -0.39 is 0 Å². The third-order valence-electron chi connectivity index (χ3n) is 3.38. The van der Waals surface area contributed by atoms with Gasteiger partial charge in [-0.3, -0.25) is 0 Å². The van der Waals surface area contributed by atoms with Crippen molar-refractivity contribution in [3.63, 3.8) is 0 Å². The molecule has 0 atom stereocenters. The fourth-order valence-corrected chi connectivity index (χ4v) is 2.10.